The van der Waals surface area contributed by atoms with Crippen LogP contribution in [-0.2, 0) is 4.74 Å². The maximum Gasteiger partial charge on any atom is 0.0674 e. The summed E-state index contributed by atoms with van der Waals surface area (Å²) in [5, 5.41) is 3.63. The van der Waals surface area contributed by atoms with E-state index in [1.807, 2.05) is 0 Å². The van der Waals surface area contributed by atoms with Gasteiger partial charge in [-0.05, 0) is 31.4 Å². The van der Waals surface area contributed by atoms with Crippen LogP contribution in [0.25, 0.3) is 0 Å². The summed E-state index contributed by atoms with van der Waals surface area (Å²) >= 11 is 0. The molecule has 2 rings (SSSR count). The van der Waals surface area contributed by atoms with Crippen LogP contribution >= 0.6 is 0 Å². The Bertz CT molecular complexity index is 393. The van der Waals surface area contributed by atoms with Gasteiger partial charge >= 0.3 is 0 Å². The molecule has 1 aromatic rings. The van der Waals surface area contributed by atoms with Crippen molar-refractivity contribution in [3.63, 3.8) is 0 Å². The first-order chi connectivity index (χ1) is 10.2. The Balaban J connectivity index is 2.06. The molecule has 0 aliphatic carbocycles. The highest BCUT2D eigenvalue weighted by Crippen LogP contribution is 2.22. The van der Waals surface area contributed by atoms with Gasteiger partial charge in [-0.1, -0.05) is 44.2 Å². The van der Waals surface area contributed by atoms with Crippen molar-refractivity contribution in [2.75, 3.05) is 32.8 Å². The zero-order valence-electron chi connectivity index (χ0n) is 13.7. The van der Waals surface area contributed by atoms with Crippen molar-refractivity contribution in [2.24, 2.45) is 5.92 Å². The molecule has 3 heteroatoms. The minimum atomic E-state index is 0.323. The molecule has 1 fully saturated rings. The monoisotopic (exact) mass is 290 g/mol. The van der Waals surface area contributed by atoms with E-state index in [0.29, 0.717) is 18.1 Å². The highest BCUT2D eigenvalue weighted by molar-refractivity contribution is 5.19. The predicted octanol–water partition coefficient (Wildman–Crippen LogP) is 3.08. The molecule has 3 nitrogen and oxygen atoms in total. The van der Waals surface area contributed by atoms with E-state index in [-0.39, 0.29) is 0 Å². The summed E-state index contributed by atoms with van der Waals surface area (Å²) in [4.78, 5) is 2.58. The molecule has 2 atom stereocenters. The van der Waals surface area contributed by atoms with E-state index < -0.39 is 0 Å². The molecule has 1 heterocycles. The van der Waals surface area contributed by atoms with E-state index in [1.54, 1.807) is 0 Å². The van der Waals surface area contributed by atoms with Crippen LogP contribution in [0.2, 0.25) is 0 Å². The Kier molecular flexibility index (Phi) is 6.68. The minimum absolute atomic E-state index is 0.323. The number of nitrogens with one attached hydrogen (secondary N) is 1. The van der Waals surface area contributed by atoms with Crippen LogP contribution in [0.5, 0.6) is 0 Å². The lowest BCUT2D eigenvalue weighted by Crippen LogP contribution is -2.40. The third-order valence-electron chi connectivity index (χ3n) is 4.00. The molecule has 1 aliphatic heterocycles. The van der Waals surface area contributed by atoms with Crippen LogP contribution in [0.3, 0.4) is 0 Å². The second-order valence-corrected chi connectivity index (χ2v) is 6.51. The molecule has 1 aliphatic rings. The molecule has 0 spiro atoms. The molecular formula is C18H30N2O. The topological polar surface area (TPSA) is 24.5 Å². The Morgan fingerprint density at radius 3 is 2.71 bits per heavy atom. The van der Waals surface area contributed by atoms with Gasteiger partial charge in [-0.25, -0.2) is 0 Å². The summed E-state index contributed by atoms with van der Waals surface area (Å²) in [6.07, 6.45) is 1.45. The highest BCUT2D eigenvalue weighted by atomic mass is 16.5. The largest absolute Gasteiger partial charge is 0.377 e. The molecule has 1 aromatic carbocycles. The molecule has 1 N–H and O–H groups in total. The second-order valence-electron chi connectivity index (χ2n) is 6.51. The van der Waals surface area contributed by atoms with E-state index in [9.17, 15) is 0 Å². The standard InChI is InChI=1S/C18H30N2O/c1-15(2)12-19-13-18(17-8-5-4-6-9-17)20-10-7-11-21-16(3)14-20/h4-6,8-9,15-16,18-19H,7,10-14H2,1-3H3. The zero-order valence-corrected chi connectivity index (χ0v) is 13.7. The third-order valence-corrected chi connectivity index (χ3v) is 4.00. The van der Waals surface area contributed by atoms with Crippen molar-refractivity contribution < 1.29 is 4.74 Å². The van der Waals surface area contributed by atoms with Crippen LogP contribution in [0.15, 0.2) is 30.3 Å². The summed E-state index contributed by atoms with van der Waals surface area (Å²) in [5.74, 6) is 0.688. The Labute approximate surface area is 129 Å². The van der Waals surface area contributed by atoms with E-state index in [4.69, 9.17) is 4.74 Å². The van der Waals surface area contributed by atoms with Gasteiger partial charge in [-0.3, -0.25) is 4.90 Å². The number of nitrogens with zero attached hydrogens (tertiary/aromatic N) is 1. The summed E-state index contributed by atoms with van der Waals surface area (Å²) in [6.45, 7) is 11.8. The van der Waals surface area contributed by atoms with E-state index in [1.165, 1.54) is 5.56 Å². The van der Waals surface area contributed by atoms with Gasteiger partial charge in [0.25, 0.3) is 0 Å². The van der Waals surface area contributed by atoms with Gasteiger partial charge in [-0.15, -0.1) is 0 Å². The number of hydrogen-bond acceptors (Lipinski definition) is 3. The van der Waals surface area contributed by atoms with Crippen LogP contribution in [0.1, 0.15) is 38.8 Å². The normalized spacial score (nSPS) is 22.2. The zero-order chi connectivity index (χ0) is 15.1. The maximum absolute atomic E-state index is 5.80. The van der Waals surface area contributed by atoms with Crippen molar-refractivity contribution in [3.05, 3.63) is 35.9 Å². The molecule has 0 aromatic heterocycles. The van der Waals surface area contributed by atoms with Crippen molar-refractivity contribution in [2.45, 2.75) is 39.3 Å². The van der Waals surface area contributed by atoms with Crippen molar-refractivity contribution in [1.29, 1.82) is 0 Å². The fourth-order valence-electron chi connectivity index (χ4n) is 2.95. The maximum atomic E-state index is 5.80. The Hall–Kier alpha value is -0.900. The molecule has 0 saturated carbocycles. The first-order valence-electron chi connectivity index (χ1n) is 8.28. The van der Waals surface area contributed by atoms with Gasteiger partial charge in [0.2, 0.25) is 0 Å². The molecular weight excluding hydrogens is 260 g/mol. The number of benzene rings is 1. The van der Waals surface area contributed by atoms with Gasteiger partial charge in [0, 0.05) is 32.3 Å². The summed E-state index contributed by atoms with van der Waals surface area (Å²) in [6, 6.07) is 11.3. The van der Waals surface area contributed by atoms with Crippen molar-refractivity contribution in [3.8, 4) is 0 Å². The van der Waals surface area contributed by atoms with Gasteiger partial charge < -0.3 is 10.1 Å². The molecule has 0 radical (unpaired) electrons. The fraction of sp³-hybridized carbons (Fsp3) is 0.667. The van der Waals surface area contributed by atoms with E-state index >= 15 is 0 Å². The van der Waals surface area contributed by atoms with Gasteiger partial charge in [0.1, 0.15) is 0 Å². The van der Waals surface area contributed by atoms with Gasteiger partial charge in [0.15, 0.2) is 0 Å². The lowest BCUT2D eigenvalue weighted by Gasteiger charge is -2.32. The van der Waals surface area contributed by atoms with E-state index in [0.717, 1.165) is 39.2 Å². The van der Waals surface area contributed by atoms with Gasteiger partial charge in [0.05, 0.1) is 6.10 Å². The minimum Gasteiger partial charge on any atom is -0.377 e. The average molecular weight is 290 g/mol. The molecule has 21 heavy (non-hydrogen) atoms. The molecule has 0 amide bonds. The Morgan fingerprint density at radius 1 is 1.24 bits per heavy atom. The van der Waals surface area contributed by atoms with Gasteiger partial charge in [-0.2, -0.15) is 0 Å². The lowest BCUT2D eigenvalue weighted by molar-refractivity contribution is 0.0603. The van der Waals surface area contributed by atoms with E-state index in [2.05, 4.69) is 61.3 Å². The van der Waals surface area contributed by atoms with Crippen LogP contribution in [-0.4, -0.2) is 43.8 Å². The molecule has 2 unspecified atom stereocenters. The summed E-state index contributed by atoms with van der Waals surface area (Å²) in [5.41, 5.74) is 1.41. The fourth-order valence-corrected chi connectivity index (χ4v) is 2.95. The van der Waals surface area contributed by atoms with Crippen molar-refractivity contribution in [1.82, 2.24) is 10.2 Å². The molecule has 0 bridgehead atoms. The van der Waals surface area contributed by atoms with Crippen LogP contribution in [0, 0.1) is 5.92 Å². The summed E-state index contributed by atoms with van der Waals surface area (Å²) < 4.78 is 5.80. The smallest absolute Gasteiger partial charge is 0.0674 e. The highest BCUT2D eigenvalue weighted by Gasteiger charge is 2.24. The van der Waals surface area contributed by atoms with Crippen LogP contribution in [0.4, 0.5) is 0 Å². The average Bonchev–Trinajstić information content (AvgIpc) is 2.69. The Morgan fingerprint density at radius 2 is 2.00 bits per heavy atom. The molecule has 118 valence electrons. The van der Waals surface area contributed by atoms with Crippen LogP contribution < -0.4 is 5.32 Å². The van der Waals surface area contributed by atoms with Crippen molar-refractivity contribution >= 4 is 0 Å². The number of ether oxygens (including phenoxy) is 1. The second kappa shape index (κ2) is 8.52. The first-order valence-corrected chi connectivity index (χ1v) is 8.28. The SMILES string of the molecule is CC(C)CNCC(c1ccccc1)N1CCCOC(C)C1. The number of rotatable bonds is 6. The first kappa shape index (κ1) is 16.5. The third kappa shape index (κ3) is 5.42. The molecule has 1 saturated heterocycles. The predicted molar refractivity (Wildman–Crippen MR) is 88.5 cm³/mol. The quantitative estimate of drug-likeness (QED) is 0.871. The lowest BCUT2D eigenvalue weighted by atomic mass is 10.0. The summed E-state index contributed by atoms with van der Waals surface area (Å²) in [7, 11) is 0. The number of hydrogen-bond donors (Lipinski definition) is 1.